The molecule has 2 aromatic carbocycles. The van der Waals surface area contributed by atoms with Crippen molar-refractivity contribution < 1.29 is 73.0 Å². The molecule has 0 radical (unpaired) electrons. The average Bonchev–Trinajstić information content (AvgIpc) is 3.56. The van der Waals surface area contributed by atoms with Gasteiger partial charge in [0.15, 0.2) is 5.75 Å². The number of methoxy groups -OCH3 is 1. The number of anilines is 1. The normalized spacial score (nSPS) is 30.0. The second-order valence-corrected chi connectivity index (χ2v) is 21.0. The summed E-state index contributed by atoms with van der Waals surface area (Å²) in [6.07, 6.45) is 6.22. The van der Waals surface area contributed by atoms with E-state index in [0.717, 1.165) is 13.1 Å². The van der Waals surface area contributed by atoms with Crippen LogP contribution in [0, 0.1) is 35.4 Å². The molecule has 21 nitrogen and oxygen atoms in total. The number of carbonyl (C=O) groups is 4. The van der Waals surface area contributed by atoms with Crippen LogP contribution in [0.4, 0.5) is 5.69 Å². The number of carboxylic acids is 1. The topological polar surface area (TPSA) is 324 Å². The van der Waals surface area contributed by atoms with Gasteiger partial charge in [-0.15, -0.1) is 0 Å². The number of carbonyl (C=O) groups excluding carboxylic acids is 3. The van der Waals surface area contributed by atoms with Gasteiger partial charge in [0, 0.05) is 109 Å². The molecule has 1 unspecified atom stereocenters. The Morgan fingerprint density at radius 3 is 2.21 bits per heavy atom. The number of nitrogens with one attached hydrogen (secondary N) is 2. The van der Waals surface area contributed by atoms with Gasteiger partial charge in [-0.25, -0.2) is 0 Å². The number of esters is 1. The van der Waals surface area contributed by atoms with E-state index >= 15 is 0 Å². The molecule has 1 fully saturated rings. The van der Waals surface area contributed by atoms with Gasteiger partial charge in [0.2, 0.25) is 0 Å². The maximum absolute atomic E-state index is 14.4. The molecule has 0 aromatic heterocycles. The zero-order valence-electron chi connectivity index (χ0n) is 41.6. The molecule has 0 spiro atoms. The van der Waals surface area contributed by atoms with Gasteiger partial charge in [0.1, 0.15) is 29.4 Å². The van der Waals surface area contributed by atoms with E-state index in [2.05, 4.69) is 15.3 Å². The monoisotopic (exact) mass is 1000 g/mol. The number of piperazine rings is 1. The zero-order valence-corrected chi connectivity index (χ0v) is 42.4. The third-order valence-corrected chi connectivity index (χ3v) is 14.0. The molecule has 6 rings (SSSR count). The fourth-order valence-electron chi connectivity index (χ4n) is 8.40. The van der Waals surface area contributed by atoms with Crippen molar-refractivity contribution in [1.82, 2.24) is 9.91 Å². The number of nitrogens with two attached hydrogens (primary N) is 1. The molecular formula is C48H70N6O15S. The van der Waals surface area contributed by atoms with Crippen molar-refractivity contribution in [3.05, 3.63) is 52.8 Å². The summed E-state index contributed by atoms with van der Waals surface area (Å²) in [5, 5.41) is 75.1. The predicted molar refractivity (Wildman–Crippen MR) is 262 cm³/mol. The number of ketones is 1. The van der Waals surface area contributed by atoms with Crippen LogP contribution >= 0.6 is 0 Å². The van der Waals surface area contributed by atoms with Crippen LogP contribution < -0.4 is 15.8 Å². The van der Waals surface area contributed by atoms with Crippen molar-refractivity contribution in [3.63, 3.8) is 0 Å². The van der Waals surface area contributed by atoms with Crippen molar-refractivity contribution in [1.29, 1.82) is 4.78 Å². The molecule has 1 amide bonds. The van der Waals surface area contributed by atoms with Crippen molar-refractivity contribution >= 4 is 56.0 Å². The molecule has 4 aliphatic heterocycles. The lowest BCUT2D eigenvalue weighted by atomic mass is 9.78. The quantitative estimate of drug-likeness (QED) is 0.0786. The molecule has 388 valence electrons. The Morgan fingerprint density at radius 1 is 1.01 bits per heavy atom. The zero-order chi connectivity index (χ0) is 52.7. The number of ether oxygens (including phenoxy) is 4. The largest absolute Gasteiger partial charge is 0.507 e. The molecule has 1 saturated heterocycles. The van der Waals surface area contributed by atoms with Crippen molar-refractivity contribution in [3.8, 4) is 23.0 Å². The number of amides is 1. The van der Waals surface area contributed by atoms with Crippen LogP contribution in [0.1, 0.15) is 76.4 Å². The molecule has 0 aliphatic carbocycles. The van der Waals surface area contributed by atoms with Crippen LogP contribution in [0.3, 0.4) is 0 Å². The lowest BCUT2D eigenvalue weighted by molar-refractivity contribution is -0.160. The lowest BCUT2D eigenvalue weighted by Crippen LogP contribution is -2.46. The van der Waals surface area contributed by atoms with E-state index in [1.54, 1.807) is 44.9 Å². The fourth-order valence-corrected chi connectivity index (χ4v) is 9.10. The first-order valence-electron chi connectivity index (χ1n) is 22.8. The highest BCUT2D eigenvalue weighted by molar-refractivity contribution is 7.91. The molecule has 22 heteroatoms. The van der Waals surface area contributed by atoms with Crippen molar-refractivity contribution in [2.75, 3.05) is 57.7 Å². The Morgan fingerprint density at radius 2 is 1.64 bits per heavy atom. The number of benzene rings is 2. The standard InChI is InChI=1S/C43H58N4O12.C5H12N2O3S/c1-21-12-11-13-22(2)42(55)45-33-28(20-44-47-17-15-46(9)16-18-47)37(52)30-31(38(33)53)36(51)26(6)40-32(30)41(54)43(8,59-40)57-19-14-29(56-10)23(3)39(58-27(7)48)25(5)35(50)24(4)34(21)49;1-11(7,10)3-2-4(6)5(8)9/h11-14,19-21,23-25,29,34-35,39,49-53H,15-18H2,1-10H3,(H,45,55);4,7H,2-3,6H2,1H3,(H,8,9)/b12-11+,19-14+,22-13-,44-20-;/t21-,23-,24-,25+,29+,34-,35+,39-,43+;4-,11?/m10/s1. The van der Waals surface area contributed by atoms with E-state index in [0.29, 0.717) is 13.1 Å². The number of fused-ring (bicyclic) bond motifs is 14. The first kappa shape index (κ1) is 56.8. The summed E-state index contributed by atoms with van der Waals surface area (Å²) >= 11 is 0. The van der Waals surface area contributed by atoms with Crippen LogP contribution in [-0.4, -0.2) is 163 Å². The Labute approximate surface area is 408 Å². The number of hydrogen-bond donors (Lipinski definition) is 9. The van der Waals surface area contributed by atoms with Crippen LogP contribution in [-0.2, 0) is 38.3 Å². The first-order valence-corrected chi connectivity index (χ1v) is 24.9. The second kappa shape index (κ2) is 23.4. The molecule has 5 bridgehead atoms. The molecule has 11 atom stereocenters. The number of aliphatic carboxylic acids is 1. The van der Waals surface area contributed by atoms with E-state index < -0.39 is 111 Å². The van der Waals surface area contributed by atoms with Gasteiger partial charge in [-0.3, -0.25) is 33.2 Å². The fraction of sp³-hybridized carbons (Fsp3) is 0.562. The minimum Gasteiger partial charge on any atom is -0.507 e. The number of hydrogen-bond acceptors (Lipinski definition) is 19. The number of nitrogens with zero attached hydrogens (tertiary/aromatic N) is 3. The molecule has 4 aliphatic rings. The van der Waals surface area contributed by atoms with Crippen LogP contribution in [0.15, 0.2) is 41.2 Å². The number of carboxylic acid groups (broad SMARTS) is 1. The number of hydrazone groups is 1. The Kier molecular flexibility index (Phi) is 19.0. The SMILES string of the molecule is CO[C@H]1/C=C/O[C@@]2(C)Oc3c(C)c(O)c4c(O)c(c(/C=N\N5CCN(C)CC5)c(O)c4c3C2=O)NC(=O)/C(C)=C\C=C\[C@@H](C)[C@@H](O)[C@@H](C)[C@H](O)[C@H](C)[C@H](OC(C)=O)[C@@H]1C.CS(=N)(=O)CC[C@H](N)C(=O)O. The smallest absolute Gasteiger partial charge is 0.320 e. The number of Topliss-reactive ketones (excluding diaryl/α,β-unsaturated/α-hetero) is 1. The highest BCUT2D eigenvalue weighted by Crippen LogP contribution is 2.55. The predicted octanol–water partition coefficient (Wildman–Crippen LogP) is 3.80. The van der Waals surface area contributed by atoms with E-state index in [4.69, 9.17) is 34.6 Å². The number of rotatable bonds is 8. The van der Waals surface area contributed by atoms with Gasteiger partial charge in [-0.05, 0) is 33.4 Å². The lowest BCUT2D eigenvalue weighted by Gasteiger charge is -2.38. The number of likely N-dealkylation sites (N-methyl/N-ethyl adjacent to an activating group) is 1. The number of aliphatic hydroxyl groups excluding tert-OH is 2. The highest BCUT2D eigenvalue weighted by atomic mass is 32.2. The van der Waals surface area contributed by atoms with E-state index in [9.17, 15) is 48.9 Å². The Bertz CT molecular complexity index is 2520. The molecule has 70 heavy (non-hydrogen) atoms. The number of aliphatic hydroxyl groups is 2. The number of aromatic hydroxyl groups is 3. The molecule has 2 aromatic rings. The minimum atomic E-state index is -2.60. The van der Waals surface area contributed by atoms with Crippen LogP contribution in [0.5, 0.6) is 23.0 Å². The summed E-state index contributed by atoms with van der Waals surface area (Å²) in [4.78, 5) is 52.8. The third kappa shape index (κ3) is 13.1. The summed E-state index contributed by atoms with van der Waals surface area (Å²) < 4.78 is 41.3. The number of allylic oxidation sites excluding steroid dienone is 2. The summed E-state index contributed by atoms with van der Waals surface area (Å²) in [7, 11) is 0.825. The minimum absolute atomic E-state index is 0.0421. The summed E-state index contributed by atoms with van der Waals surface area (Å²) in [5.74, 6) is -9.42. The number of phenols is 3. The molecular weight excluding hydrogens is 933 g/mol. The van der Waals surface area contributed by atoms with Gasteiger partial charge in [0.05, 0.1) is 53.0 Å². The Hall–Kier alpha value is -5.78. The first-order chi connectivity index (χ1) is 32.6. The van der Waals surface area contributed by atoms with Gasteiger partial charge < -0.3 is 65.5 Å². The van der Waals surface area contributed by atoms with E-state index in [1.165, 1.54) is 65.7 Å². The maximum Gasteiger partial charge on any atom is 0.320 e. The molecule has 4 heterocycles. The molecule has 10 N–H and O–H groups in total. The summed E-state index contributed by atoms with van der Waals surface area (Å²) in [6, 6.07) is -0.999. The van der Waals surface area contributed by atoms with E-state index in [-0.39, 0.29) is 56.6 Å². The van der Waals surface area contributed by atoms with Crippen molar-refractivity contribution in [2.45, 2.75) is 98.1 Å². The summed E-state index contributed by atoms with van der Waals surface area (Å²) in [5.41, 5.74) is 4.77. The second-order valence-electron chi connectivity index (χ2n) is 18.6. The summed E-state index contributed by atoms with van der Waals surface area (Å²) in [6.45, 7) is 15.1. The number of phenolic OH excluding ortho intramolecular Hbond substituents is 3. The molecule has 0 saturated carbocycles. The van der Waals surface area contributed by atoms with Crippen LogP contribution in [0.25, 0.3) is 10.8 Å². The highest BCUT2D eigenvalue weighted by Gasteiger charge is 2.50. The van der Waals surface area contributed by atoms with E-state index in [1.807, 2.05) is 7.05 Å². The van der Waals surface area contributed by atoms with Crippen LogP contribution in [0.2, 0.25) is 0 Å². The maximum atomic E-state index is 14.4. The van der Waals surface area contributed by atoms with Gasteiger partial charge in [0.25, 0.3) is 11.7 Å². The third-order valence-electron chi connectivity index (χ3n) is 13.0. The van der Waals surface area contributed by atoms with Gasteiger partial charge >= 0.3 is 17.7 Å². The van der Waals surface area contributed by atoms with Gasteiger partial charge in [-0.2, -0.15) is 5.10 Å². The Balaban J connectivity index is 0.000000861. The van der Waals surface area contributed by atoms with Gasteiger partial charge in [-0.1, -0.05) is 45.9 Å². The van der Waals surface area contributed by atoms with Crippen molar-refractivity contribution in [2.24, 2.45) is 34.5 Å². The average molecular weight is 1000 g/mol.